The molecule has 0 radical (unpaired) electrons. The first-order valence-electron chi connectivity index (χ1n) is 9.54. The Labute approximate surface area is 142 Å². The van der Waals surface area contributed by atoms with Crippen LogP contribution in [0.4, 0.5) is 0 Å². The van der Waals surface area contributed by atoms with Crippen LogP contribution in [0, 0.1) is 16.7 Å². The normalized spacial score (nSPS) is 24.5. The molecule has 130 valence electrons. The fourth-order valence-corrected chi connectivity index (χ4v) is 5.81. The zero-order valence-corrected chi connectivity index (χ0v) is 14.7. The Bertz CT molecular complexity index is 414. The predicted molar refractivity (Wildman–Crippen MR) is 96.4 cm³/mol. The molecule has 2 nitrogen and oxygen atoms in total. The minimum atomic E-state index is -0.633. The SMILES string of the molecule is C=CCC1(C(CC=C)(CC(=O)O)C2CCCCC2)CCCCC1. The van der Waals surface area contributed by atoms with Gasteiger partial charge in [0.15, 0.2) is 0 Å². The highest BCUT2D eigenvalue weighted by Gasteiger charge is 2.54. The molecule has 0 aromatic rings. The van der Waals surface area contributed by atoms with E-state index in [1.165, 1.54) is 51.4 Å². The van der Waals surface area contributed by atoms with Crippen molar-refractivity contribution in [1.82, 2.24) is 0 Å². The summed E-state index contributed by atoms with van der Waals surface area (Å²) >= 11 is 0. The molecule has 0 aromatic heterocycles. The summed E-state index contributed by atoms with van der Waals surface area (Å²) in [4.78, 5) is 11.9. The molecule has 0 aromatic carbocycles. The molecule has 2 aliphatic carbocycles. The Hall–Kier alpha value is -1.05. The lowest BCUT2D eigenvalue weighted by Gasteiger charge is -2.57. The summed E-state index contributed by atoms with van der Waals surface area (Å²) in [7, 11) is 0. The highest BCUT2D eigenvalue weighted by atomic mass is 16.4. The van der Waals surface area contributed by atoms with Crippen LogP contribution in [0.3, 0.4) is 0 Å². The second kappa shape index (κ2) is 8.17. The molecule has 0 spiro atoms. The van der Waals surface area contributed by atoms with Crippen LogP contribution in [0.25, 0.3) is 0 Å². The van der Waals surface area contributed by atoms with Gasteiger partial charge < -0.3 is 5.11 Å². The summed E-state index contributed by atoms with van der Waals surface area (Å²) < 4.78 is 0. The Morgan fingerprint density at radius 2 is 1.65 bits per heavy atom. The Morgan fingerprint density at radius 1 is 1.04 bits per heavy atom. The second-order valence-corrected chi connectivity index (χ2v) is 7.89. The minimum Gasteiger partial charge on any atom is -0.481 e. The van der Waals surface area contributed by atoms with E-state index in [1.807, 2.05) is 12.2 Å². The van der Waals surface area contributed by atoms with Crippen molar-refractivity contribution in [2.45, 2.75) is 83.5 Å². The first kappa shape index (κ1) is 18.3. The average molecular weight is 319 g/mol. The van der Waals surface area contributed by atoms with Crippen LogP contribution in [0.1, 0.15) is 83.5 Å². The fraction of sp³-hybridized carbons (Fsp3) is 0.762. The molecule has 1 N–H and O–H groups in total. The summed E-state index contributed by atoms with van der Waals surface area (Å²) in [5.74, 6) is -0.102. The molecule has 0 saturated heterocycles. The molecule has 2 heteroatoms. The Kier molecular flexibility index (Phi) is 6.50. The van der Waals surface area contributed by atoms with Crippen LogP contribution in [0.2, 0.25) is 0 Å². The Morgan fingerprint density at radius 3 is 2.17 bits per heavy atom. The summed E-state index contributed by atoms with van der Waals surface area (Å²) in [5.41, 5.74) is -0.0167. The highest BCUT2D eigenvalue weighted by molar-refractivity contribution is 5.68. The summed E-state index contributed by atoms with van der Waals surface area (Å²) in [6.45, 7) is 8.04. The van der Waals surface area contributed by atoms with Gasteiger partial charge in [0.25, 0.3) is 0 Å². The third kappa shape index (κ3) is 3.72. The Balaban J connectivity index is 2.47. The molecule has 1 atom stereocenters. The van der Waals surface area contributed by atoms with Gasteiger partial charge in [0.05, 0.1) is 6.42 Å². The van der Waals surface area contributed by atoms with E-state index >= 15 is 0 Å². The summed E-state index contributed by atoms with van der Waals surface area (Å²) in [5, 5.41) is 9.76. The molecule has 2 rings (SSSR count). The lowest BCUT2D eigenvalue weighted by molar-refractivity contribution is -0.149. The van der Waals surface area contributed by atoms with Crippen molar-refractivity contribution in [3.8, 4) is 0 Å². The molecule has 0 heterocycles. The van der Waals surface area contributed by atoms with Crippen molar-refractivity contribution >= 4 is 5.97 Å². The van der Waals surface area contributed by atoms with Gasteiger partial charge >= 0.3 is 5.97 Å². The van der Waals surface area contributed by atoms with Gasteiger partial charge in [-0.1, -0.05) is 50.7 Å². The molecular formula is C21H34O2. The van der Waals surface area contributed by atoms with Gasteiger partial charge in [0.2, 0.25) is 0 Å². The van der Waals surface area contributed by atoms with Crippen molar-refractivity contribution in [3.05, 3.63) is 25.3 Å². The molecule has 1 unspecified atom stereocenters. The molecule has 0 bridgehead atoms. The predicted octanol–water partition coefficient (Wildman–Crippen LogP) is 6.13. The van der Waals surface area contributed by atoms with Gasteiger partial charge in [-0.25, -0.2) is 0 Å². The number of carboxylic acid groups (broad SMARTS) is 1. The van der Waals surface area contributed by atoms with Crippen LogP contribution >= 0.6 is 0 Å². The van der Waals surface area contributed by atoms with Crippen molar-refractivity contribution in [1.29, 1.82) is 0 Å². The summed E-state index contributed by atoms with van der Waals surface area (Å²) in [6.07, 6.45) is 18.5. The van der Waals surface area contributed by atoms with E-state index in [9.17, 15) is 9.90 Å². The number of carbonyl (C=O) groups is 1. The van der Waals surface area contributed by atoms with Gasteiger partial charge in [-0.15, -0.1) is 13.2 Å². The fourth-order valence-electron chi connectivity index (χ4n) is 5.81. The van der Waals surface area contributed by atoms with Crippen molar-refractivity contribution in [3.63, 3.8) is 0 Å². The maximum Gasteiger partial charge on any atom is 0.303 e. The molecule has 2 aliphatic rings. The number of aliphatic carboxylic acids is 1. The number of rotatable bonds is 8. The average Bonchev–Trinajstić information content (AvgIpc) is 2.56. The van der Waals surface area contributed by atoms with Gasteiger partial charge in [0, 0.05) is 0 Å². The molecule has 23 heavy (non-hydrogen) atoms. The lowest BCUT2D eigenvalue weighted by Crippen LogP contribution is -2.50. The van der Waals surface area contributed by atoms with E-state index in [-0.39, 0.29) is 10.8 Å². The third-order valence-corrected chi connectivity index (χ3v) is 6.76. The topological polar surface area (TPSA) is 37.3 Å². The third-order valence-electron chi connectivity index (χ3n) is 6.76. The van der Waals surface area contributed by atoms with E-state index in [0.29, 0.717) is 12.3 Å². The lowest BCUT2D eigenvalue weighted by atomic mass is 9.47. The van der Waals surface area contributed by atoms with Crippen LogP contribution in [0.15, 0.2) is 25.3 Å². The first-order valence-corrected chi connectivity index (χ1v) is 9.54. The largest absolute Gasteiger partial charge is 0.481 e. The van der Waals surface area contributed by atoms with E-state index in [2.05, 4.69) is 13.2 Å². The van der Waals surface area contributed by atoms with E-state index in [1.54, 1.807) is 0 Å². The smallest absolute Gasteiger partial charge is 0.303 e. The minimum absolute atomic E-state index is 0.113. The van der Waals surface area contributed by atoms with Crippen molar-refractivity contribution in [2.75, 3.05) is 0 Å². The zero-order chi connectivity index (χ0) is 16.8. The monoisotopic (exact) mass is 318 g/mol. The standard InChI is InChI=1S/C21H34O2/c1-3-13-20(15-9-6-10-16-20)21(14-4-2,17-19(22)23)18-11-7-5-8-12-18/h3-4,18H,1-2,5-17H2,(H,22,23). The van der Waals surface area contributed by atoms with E-state index < -0.39 is 5.97 Å². The maximum absolute atomic E-state index is 11.9. The number of hydrogen-bond donors (Lipinski definition) is 1. The van der Waals surface area contributed by atoms with E-state index in [4.69, 9.17) is 0 Å². The van der Waals surface area contributed by atoms with Crippen molar-refractivity contribution in [2.24, 2.45) is 16.7 Å². The number of hydrogen-bond acceptors (Lipinski definition) is 1. The van der Waals surface area contributed by atoms with Gasteiger partial charge in [-0.2, -0.15) is 0 Å². The number of carboxylic acids is 1. The van der Waals surface area contributed by atoms with Crippen LogP contribution in [-0.4, -0.2) is 11.1 Å². The van der Waals surface area contributed by atoms with Gasteiger partial charge in [0.1, 0.15) is 0 Å². The van der Waals surface area contributed by atoms with Crippen molar-refractivity contribution < 1.29 is 9.90 Å². The highest BCUT2D eigenvalue weighted by Crippen LogP contribution is 2.62. The zero-order valence-electron chi connectivity index (χ0n) is 14.7. The van der Waals surface area contributed by atoms with Crippen LogP contribution in [0.5, 0.6) is 0 Å². The molecule has 0 amide bonds. The summed E-state index contributed by atoms with van der Waals surface area (Å²) in [6, 6.07) is 0. The molecular weight excluding hydrogens is 284 g/mol. The van der Waals surface area contributed by atoms with E-state index in [0.717, 1.165) is 25.7 Å². The molecule has 2 fully saturated rings. The first-order chi connectivity index (χ1) is 11.1. The van der Waals surface area contributed by atoms with Gasteiger partial charge in [-0.05, 0) is 55.3 Å². The molecule has 2 saturated carbocycles. The number of allylic oxidation sites excluding steroid dienone is 2. The van der Waals surface area contributed by atoms with Crippen LogP contribution in [-0.2, 0) is 4.79 Å². The maximum atomic E-state index is 11.9. The quantitative estimate of drug-likeness (QED) is 0.546. The molecule has 0 aliphatic heterocycles. The second-order valence-electron chi connectivity index (χ2n) is 7.89. The van der Waals surface area contributed by atoms with Gasteiger partial charge in [-0.3, -0.25) is 4.79 Å². The van der Waals surface area contributed by atoms with Crippen LogP contribution < -0.4 is 0 Å².